The van der Waals surface area contributed by atoms with Gasteiger partial charge < -0.3 is 4.57 Å². The van der Waals surface area contributed by atoms with Gasteiger partial charge in [0.05, 0.1) is 11.6 Å². The summed E-state index contributed by atoms with van der Waals surface area (Å²) in [5, 5.41) is 0. The van der Waals surface area contributed by atoms with Gasteiger partial charge >= 0.3 is 0 Å². The lowest BCUT2D eigenvalue weighted by Crippen LogP contribution is -2.42. The number of amides is 2. The summed E-state index contributed by atoms with van der Waals surface area (Å²) in [5.74, 6) is -0.825. The van der Waals surface area contributed by atoms with Gasteiger partial charge in [-0.1, -0.05) is 36.4 Å². The molecular formula is C21H22N4O2. The average molecular weight is 362 g/mol. The lowest BCUT2D eigenvalue weighted by atomic mass is 10.1. The van der Waals surface area contributed by atoms with Gasteiger partial charge in [0.1, 0.15) is 5.69 Å². The molecule has 2 N–H and O–H groups in total. The van der Waals surface area contributed by atoms with Crippen LogP contribution < -0.4 is 10.9 Å². The summed E-state index contributed by atoms with van der Waals surface area (Å²) >= 11 is 0. The van der Waals surface area contributed by atoms with Crippen LogP contribution in [-0.2, 0) is 0 Å². The van der Waals surface area contributed by atoms with Gasteiger partial charge in [0.25, 0.3) is 11.8 Å². The van der Waals surface area contributed by atoms with Gasteiger partial charge in [-0.3, -0.25) is 25.4 Å². The minimum Gasteiger partial charge on any atom is -0.341 e. The molecule has 2 aromatic heterocycles. The third kappa shape index (κ3) is 3.89. The van der Waals surface area contributed by atoms with E-state index >= 15 is 0 Å². The molecule has 0 unspecified atom stereocenters. The lowest BCUT2D eigenvalue weighted by Gasteiger charge is -2.19. The van der Waals surface area contributed by atoms with Crippen LogP contribution in [0, 0.1) is 13.8 Å². The number of hydrogen-bond donors (Lipinski definition) is 2. The van der Waals surface area contributed by atoms with Crippen molar-refractivity contribution in [3.05, 3.63) is 89.0 Å². The van der Waals surface area contributed by atoms with Gasteiger partial charge in [0.15, 0.2) is 0 Å². The van der Waals surface area contributed by atoms with Crippen LogP contribution in [-0.4, -0.2) is 21.4 Å². The molecular weight excluding hydrogens is 340 g/mol. The van der Waals surface area contributed by atoms with Crippen LogP contribution in [0.1, 0.15) is 50.8 Å². The van der Waals surface area contributed by atoms with Crippen LogP contribution in [0.2, 0.25) is 0 Å². The molecule has 2 heterocycles. The van der Waals surface area contributed by atoms with Crippen molar-refractivity contribution < 1.29 is 9.59 Å². The van der Waals surface area contributed by atoms with Gasteiger partial charge in [0.2, 0.25) is 0 Å². The first kappa shape index (κ1) is 18.4. The molecule has 0 saturated heterocycles. The van der Waals surface area contributed by atoms with Gasteiger partial charge in [-0.25, -0.2) is 0 Å². The Balaban J connectivity index is 1.75. The Labute approximate surface area is 158 Å². The predicted molar refractivity (Wildman–Crippen MR) is 103 cm³/mol. The molecule has 0 aliphatic rings. The molecule has 138 valence electrons. The molecule has 0 radical (unpaired) electrons. The summed E-state index contributed by atoms with van der Waals surface area (Å²) in [6.07, 6.45) is 1.52. The van der Waals surface area contributed by atoms with Gasteiger partial charge in [0, 0.05) is 17.6 Å². The van der Waals surface area contributed by atoms with E-state index in [1.165, 1.54) is 6.20 Å². The number of pyridine rings is 1. The molecule has 3 aromatic rings. The van der Waals surface area contributed by atoms with Crippen molar-refractivity contribution in [2.75, 3.05) is 0 Å². The molecule has 1 aromatic carbocycles. The first-order chi connectivity index (χ1) is 13.0. The molecule has 6 heteroatoms. The highest BCUT2D eigenvalue weighted by molar-refractivity contribution is 5.99. The third-order valence-corrected chi connectivity index (χ3v) is 4.59. The van der Waals surface area contributed by atoms with Crippen LogP contribution in [0.25, 0.3) is 0 Å². The molecule has 0 aliphatic heterocycles. The summed E-state index contributed by atoms with van der Waals surface area (Å²) < 4.78 is 2.12. The first-order valence-corrected chi connectivity index (χ1v) is 8.74. The van der Waals surface area contributed by atoms with Gasteiger partial charge in [-0.15, -0.1) is 0 Å². The molecule has 0 aliphatic carbocycles. The van der Waals surface area contributed by atoms with Crippen molar-refractivity contribution >= 4 is 11.8 Å². The summed E-state index contributed by atoms with van der Waals surface area (Å²) in [6.45, 7) is 5.97. The van der Waals surface area contributed by atoms with E-state index in [2.05, 4.69) is 39.5 Å². The SMILES string of the molecule is Cc1cc(C(=O)NNC(=O)c2ccccn2)c(C)n1[C@@H](C)c1ccccc1. The van der Waals surface area contributed by atoms with Crippen LogP contribution in [0.4, 0.5) is 0 Å². The highest BCUT2D eigenvalue weighted by Crippen LogP contribution is 2.25. The van der Waals surface area contributed by atoms with E-state index in [-0.39, 0.29) is 17.6 Å². The molecule has 0 fully saturated rings. The minimum atomic E-state index is -0.463. The Bertz CT molecular complexity index is 949. The fourth-order valence-electron chi connectivity index (χ4n) is 3.23. The fraction of sp³-hybridized carbons (Fsp3) is 0.190. The van der Waals surface area contributed by atoms with Crippen LogP contribution in [0.3, 0.4) is 0 Å². The summed E-state index contributed by atoms with van der Waals surface area (Å²) in [4.78, 5) is 28.6. The summed E-state index contributed by atoms with van der Waals surface area (Å²) in [6, 6.07) is 17.0. The Kier molecular flexibility index (Phi) is 5.35. The number of carbonyl (C=O) groups excluding carboxylic acids is 2. The number of nitrogens with zero attached hydrogens (tertiary/aromatic N) is 2. The number of aromatic nitrogens is 2. The molecule has 6 nitrogen and oxygen atoms in total. The number of hydrogen-bond acceptors (Lipinski definition) is 3. The second-order valence-corrected chi connectivity index (χ2v) is 6.36. The highest BCUT2D eigenvalue weighted by atomic mass is 16.2. The Hall–Kier alpha value is -3.41. The molecule has 1 atom stereocenters. The van der Waals surface area contributed by atoms with Crippen LogP contribution in [0.15, 0.2) is 60.8 Å². The first-order valence-electron chi connectivity index (χ1n) is 8.74. The monoisotopic (exact) mass is 362 g/mol. The fourth-order valence-corrected chi connectivity index (χ4v) is 3.23. The summed E-state index contributed by atoms with van der Waals surface area (Å²) in [5.41, 5.74) is 8.61. The molecule has 0 spiro atoms. The Morgan fingerprint density at radius 3 is 2.30 bits per heavy atom. The Morgan fingerprint density at radius 1 is 0.963 bits per heavy atom. The maximum absolute atomic E-state index is 12.6. The number of rotatable bonds is 4. The molecule has 27 heavy (non-hydrogen) atoms. The topological polar surface area (TPSA) is 76.0 Å². The van der Waals surface area contributed by atoms with Crippen LogP contribution >= 0.6 is 0 Å². The maximum Gasteiger partial charge on any atom is 0.288 e. The van der Waals surface area contributed by atoms with Crippen molar-refractivity contribution in [3.8, 4) is 0 Å². The van der Waals surface area contributed by atoms with E-state index in [1.54, 1.807) is 18.2 Å². The van der Waals surface area contributed by atoms with E-state index in [1.807, 2.05) is 38.1 Å². The minimum absolute atomic E-state index is 0.0934. The largest absolute Gasteiger partial charge is 0.341 e. The predicted octanol–water partition coefficient (Wildman–Crippen LogP) is 3.18. The molecule has 0 saturated carbocycles. The highest BCUT2D eigenvalue weighted by Gasteiger charge is 2.20. The normalized spacial score (nSPS) is 11.7. The van der Waals surface area contributed by atoms with Crippen molar-refractivity contribution in [3.63, 3.8) is 0 Å². The Morgan fingerprint density at radius 2 is 1.63 bits per heavy atom. The quantitative estimate of drug-likeness (QED) is 0.700. The van der Waals surface area contributed by atoms with Crippen molar-refractivity contribution in [2.45, 2.75) is 26.8 Å². The second-order valence-electron chi connectivity index (χ2n) is 6.36. The zero-order valence-electron chi connectivity index (χ0n) is 15.6. The smallest absolute Gasteiger partial charge is 0.288 e. The second kappa shape index (κ2) is 7.86. The number of benzene rings is 1. The number of aryl methyl sites for hydroxylation is 1. The number of nitrogens with one attached hydrogen (secondary N) is 2. The number of hydrazine groups is 1. The molecule has 2 amide bonds. The maximum atomic E-state index is 12.6. The zero-order chi connectivity index (χ0) is 19.4. The average Bonchev–Trinajstić information content (AvgIpc) is 3.00. The van der Waals surface area contributed by atoms with Gasteiger partial charge in [-0.2, -0.15) is 0 Å². The van der Waals surface area contributed by atoms with E-state index in [0.717, 1.165) is 17.0 Å². The van der Waals surface area contributed by atoms with E-state index in [0.29, 0.717) is 5.56 Å². The van der Waals surface area contributed by atoms with Crippen molar-refractivity contribution in [2.24, 2.45) is 0 Å². The molecule has 0 bridgehead atoms. The number of carbonyl (C=O) groups is 2. The van der Waals surface area contributed by atoms with E-state index in [4.69, 9.17) is 0 Å². The van der Waals surface area contributed by atoms with E-state index < -0.39 is 5.91 Å². The molecule has 3 rings (SSSR count). The van der Waals surface area contributed by atoms with E-state index in [9.17, 15) is 9.59 Å². The zero-order valence-corrected chi connectivity index (χ0v) is 15.6. The van der Waals surface area contributed by atoms with Crippen molar-refractivity contribution in [1.82, 2.24) is 20.4 Å². The third-order valence-electron chi connectivity index (χ3n) is 4.59. The standard InChI is InChI=1S/C21H22N4O2/c1-14-13-18(16(3)25(14)15(2)17-9-5-4-6-10-17)20(26)23-24-21(27)19-11-7-8-12-22-19/h4-13,15H,1-3H3,(H,23,26)(H,24,27)/t15-/m0/s1. The van der Waals surface area contributed by atoms with Gasteiger partial charge in [-0.05, 0) is 44.5 Å². The van der Waals surface area contributed by atoms with Crippen LogP contribution in [0.5, 0.6) is 0 Å². The lowest BCUT2D eigenvalue weighted by molar-refractivity contribution is 0.0843. The summed E-state index contributed by atoms with van der Waals surface area (Å²) in [7, 11) is 0. The van der Waals surface area contributed by atoms with Crippen molar-refractivity contribution in [1.29, 1.82) is 0 Å².